The summed E-state index contributed by atoms with van der Waals surface area (Å²) in [6.45, 7) is 0. The summed E-state index contributed by atoms with van der Waals surface area (Å²) in [6.07, 6.45) is 1.44. The van der Waals surface area contributed by atoms with E-state index in [1.807, 2.05) is 0 Å². The van der Waals surface area contributed by atoms with E-state index in [1.54, 1.807) is 24.3 Å². The fourth-order valence-corrected chi connectivity index (χ4v) is 2.84. The molecular formula is C12H14N4O3S. The van der Waals surface area contributed by atoms with Crippen molar-refractivity contribution in [2.75, 3.05) is 17.3 Å². The molecule has 20 heavy (non-hydrogen) atoms. The van der Waals surface area contributed by atoms with Crippen LogP contribution in [-0.2, 0) is 10.0 Å². The number of aromatic nitrogens is 1. The van der Waals surface area contributed by atoms with Crippen LogP contribution in [0, 0.1) is 0 Å². The largest absolute Gasteiger partial charge is 0.495 e. The number of rotatable bonds is 5. The minimum atomic E-state index is -3.82. The van der Waals surface area contributed by atoms with Gasteiger partial charge >= 0.3 is 0 Å². The first-order valence-electron chi connectivity index (χ1n) is 5.66. The van der Waals surface area contributed by atoms with Crippen LogP contribution in [0.4, 0.5) is 11.5 Å². The van der Waals surface area contributed by atoms with Gasteiger partial charge in [-0.25, -0.2) is 19.2 Å². The highest BCUT2D eigenvalue weighted by atomic mass is 32.2. The molecule has 0 unspecified atom stereocenters. The zero-order valence-electron chi connectivity index (χ0n) is 10.7. The van der Waals surface area contributed by atoms with Gasteiger partial charge in [0.05, 0.1) is 12.8 Å². The smallest absolute Gasteiger partial charge is 0.265 e. The number of nitrogen functional groups attached to an aromatic ring is 1. The number of hydrogen-bond acceptors (Lipinski definition) is 6. The molecule has 1 heterocycles. The Morgan fingerprint density at radius 1 is 1.20 bits per heavy atom. The van der Waals surface area contributed by atoms with Crippen LogP contribution in [0.2, 0.25) is 0 Å². The van der Waals surface area contributed by atoms with Gasteiger partial charge in [0, 0.05) is 6.20 Å². The summed E-state index contributed by atoms with van der Waals surface area (Å²) < 4.78 is 32.2. The second kappa shape index (κ2) is 5.76. The lowest BCUT2D eigenvalue weighted by Gasteiger charge is -2.13. The summed E-state index contributed by atoms with van der Waals surface area (Å²) in [4.78, 5) is 3.81. The number of hydrogen-bond donors (Lipinski definition) is 3. The number of anilines is 2. The molecule has 0 amide bonds. The minimum absolute atomic E-state index is 0.0478. The molecule has 2 rings (SSSR count). The Balaban J connectivity index is 2.41. The molecule has 1 aromatic heterocycles. The summed E-state index contributed by atoms with van der Waals surface area (Å²) in [5.41, 5.74) is 2.59. The summed E-state index contributed by atoms with van der Waals surface area (Å²) in [5.74, 6) is 5.75. The van der Waals surface area contributed by atoms with Gasteiger partial charge < -0.3 is 10.2 Å². The predicted molar refractivity (Wildman–Crippen MR) is 75.8 cm³/mol. The molecule has 0 aliphatic heterocycles. The molecule has 0 saturated carbocycles. The van der Waals surface area contributed by atoms with E-state index in [9.17, 15) is 8.42 Å². The average Bonchev–Trinajstić information content (AvgIpc) is 2.47. The number of nitrogens with one attached hydrogen (secondary N) is 2. The lowest BCUT2D eigenvalue weighted by Crippen LogP contribution is -2.18. The molecule has 0 aliphatic rings. The van der Waals surface area contributed by atoms with Gasteiger partial charge in [-0.3, -0.25) is 4.72 Å². The maximum Gasteiger partial charge on any atom is 0.265 e. The van der Waals surface area contributed by atoms with Crippen molar-refractivity contribution in [3.05, 3.63) is 42.6 Å². The van der Waals surface area contributed by atoms with E-state index in [1.165, 1.54) is 25.4 Å². The van der Waals surface area contributed by atoms with Crippen LogP contribution in [0.15, 0.2) is 47.5 Å². The lowest BCUT2D eigenvalue weighted by molar-refractivity contribution is 0.417. The number of pyridine rings is 1. The van der Waals surface area contributed by atoms with Gasteiger partial charge in [-0.05, 0) is 24.3 Å². The zero-order chi connectivity index (χ0) is 14.6. The topological polar surface area (TPSA) is 106 Å². The van der Waals surface area contributed by atoms with Gasteiger partial charge in [-0.2, -0.15) is 0 Å². The van der Waals surface area contributed by atoms with Crippen LogP contribution in [0.1, 0.15) is 0 Å². The van der Waals surface area contributed by atoms with Crippen molar-refractivity contribution in [2.45, 2.75) is 4.90 Å². The number of ether oxygens (including phenoxy) is 1. The van der Waals surface area contributed by atoms with Crippen LogP contribution >= 0.6 is 0 Å². The fraction of sp³-hybridized carbons (Fsp3) is 0.0833. The zero-order valence-corrected chi connectivity index (χ0v) is 11.5. The quantitative estimate of drug-likeness (QED) is 0.564. The summed E-state index contributed by atoms with van der Waals surface area (Å²) >= 11 is 0. The van der Waals surface area contributed by atoms with Crippen LogP contribution < -0.4 is 20.7 Å². The van der Waals surface area contributed by atoms with Gasteiger partial charge in [-0.1, -0.05) is 12.1 Å². The Morgan fingerprint density at radius 3 is 2.65 bits per heavy atom. The van der Waals surface area contributed by atoms with Crippen molar-refractivity contribution in [1.82, 2.24) is 4.98 Å². The Kier molecular flexibility index (Phi) is 4.06. The molecule has 8 heteroatoms. The van der Waals surface area contributed by atoms with E-state index in [-0.39, 0.29) is 10.7 Å². The van der Waals surface area contributed by atoms with E-state index in [0.717, 1.165) is 0 Å². The average molecular weight is 294 g/mol. The van der Waals surface area contributed by atoms with Crippen LogP contribution in [0.3, 0.4) is 0 Å². The summed E-state index contributed by atoms with van der Waals surface area (Å²) in [6, 6.07) is 9.61. The summed E-state index contributed by atoms with van der Waals surface area (Å²) in [5, 5.41) is 0. The number of nitrogens with zero attached hydrogens (tertiary/aromatic N) is 1. The normalized spacial score (nSPS) is 10.9. The first kappa shape index (κ1) is 14.1. The SMILES string of the molecule is COc1ccccc1NS(=O)(=O)c1cccnc1NN. The number of para-hydroxylation sites is 2. The van der Waals surface area contributed by atoms with Crippen molar-refractivity contribution in [3.63, 3.8) is 0 Å². The van der Waals surface area contributed by atoms with Crippen LogP contribution in [0.25, 0.3) is 0 Å². The third-order valence-electron chi connectivity index (χ3n) is 2.55. The molecule has 1 aromatic carbocycles. The van der Waals surface area contributed by atoms with Crippen molar-refractivity contribution < 1.29 is 13.2 Å². The number of benzene rings is 1. The lowest BCUT2D eigenvalue weighted by atomic mass is 10.3. The van der Waals surface area contributed by atoms with Gasteiger partial charge in [0.25, 0.3) is 10.0 Å². The first-order chi connectivity index (χ1) is 9.58. The maximum absolute atomic E-state index is 12.3. The Hall–Kier alpha value is -2.32. The molecule has 106 valence electrons. The van der Waals surface area contributed by atoms with Crippen LogP contribution in [0.5, 0.6) is 5.75 Å². The van der Waals surface area contributed by atoms with E-state index in [2.05, 4.69) is 15.1 Å². The Bertz CT molecular complexity index is 703. The highest BCUT2D eigenvalue weighted by molar-refractivity contribution is 7.92. The molecule has 2 aromatic rings. The Morgan fingerprint density at radius 2 is 1.95 bits per heavy atom. The first-order valence-corrected chi connectivity index (χ1v) is 7.14. The number of methoxy groups -OCH3 is 1. The van der Waals surface area contributed by atoms with Crippen molar-refractivity contribution in [1.29, 1.82) is 0 Å². The maximum atomic E-state index is 12.3. The molecule has 0 spiro atoms. The van der Waals surface area contributed by atoms with Gasteiger partial charge in [0.15, 0.2) is 5.82 Å². The molecule has 0 atom stereocenters. The third-order valence-corrected chi connectivity index (χ3v) is 3.95. The predicted octanol–water partition coefficient (Wildman–Crippen LogP) is 1.18. The van der Waals surface area contributed by atoms with Gasteiger partial charge in [0.1, 0.15) is 10.6 Å². The Labute approximate surface area is 116 Å². The molecule has 4 N–H and O–H groups in total. The standard InChI is InChI=1S/C12H14N4O3S/c1-19-10-6-3-2-5-9(10)16-20(17,18)11-7-4-8-14-12(11)15-13/h2-8,16H,13H2,1H3,(H,14,15). The number of sulfonamides is 1. The van der Waals surface area contributed by atoms with E-state index in [0.29, 0.717) is 11.4 Å². The highest BCUT2D eigenvalue weighted by Gasteiger charge is 2.20. The molecule has 0 saturated heterocycles. The highest BCUT2D eigenvalue weighted by Crippen LogP contribution is 2.27. The van der Waals surface area contributed by atoms with E-state index in [4.69, 9.17) is 10.6 Å². The summed E-state index contributed by atoms with van der Waals surface area (Å²) in [7, 11) is -2.36. The number of hydrazine groups is 1. The van der Waals surface area contributed by atoms with Crippen molar-refractivity contribution in [3.8, 4) is 5.75 Å². The molecule has 0 radical (unpaired) electrons. The second-order valence-corrected chi connectivity index (χ2v) is 5.45. The van der Waals surface area contributed by atoms with Crippen molar-refractivity contribution in [2.24, 2.45) is 5.84 Å². The van der Waals surface area contributed by atoms with Crippen LogP contribution in [-0.4, -0.2) is 20.5 Å². The van der Waals surface area contributed by atoms with E-state index >= 15 is 0 Å². The monoisotopic (exact) mass is 294 g/mol. The van der Waals surface area contributed by atoms with Crippen molar-refractivity contribution >= 4 is 21.5 Å². The third kappa shape index (κ3) is 2.81. The molecule has 0 fully saturated rings. The molecule has 0 bridgehead atoms. The fourth-order valence-electron chi connectivity index (χ4n) is 1.64. The minimum Gasteiger partial charge on any atom is -0.495 e. The number of nitrogens with two attached hydrogens (primary N) is 1. The van der Waals surface area contributed by atoms with Gasteiger partial charge in [-0.15, -0.1) is 0 Å². The van der Waals surface area contributed by atoms with E-state index < -0.39 is 10.0 Å². The molecule has 0 aliphatic carbocycles. The molecular weight excluding hydrogens is 280 g/mol. The van der Waals surface area contributed by atoms with Gasteiger partial charge in [0.2, 0.25) is 0 Å². The molecule has 7 nitrogen and oxygen atoms in total. The second-order valence-electron chi connectivity index (χ2n) is 3.80.